The fourth-order valence-electron chi connectivity index (χ4n) is 4.05. The predicted molar refractivity (Wildman–Crippen MR) is 105 cm³/mol. The molecule has 134 valence electrons. The van der Waals surface area contributed by atoms with E-state index in [-0.39, 0.29) is 11.9 Å². The van der Waals surface area contributed by atoms with E-state index in [1.807, 2.05) is 29.6 Å². The third kappa shape index (κ3) is 2.78. The monoisotopic (exact) mass is 431 g/mol. The molecule has 3 aliphatic heterocycles. The molecule has 3 fully saturated rings. The molecule has 2 aromatic heterocycles. The Labute approximate surface area is 163 Å². The molecule has 3 saturated heterocycles. The van der Waals surface area contributed by atoms with Gasteiger partial charge in [-0.2, -0.15) is 0 Å². The van der Waals surface area contributed by atoms with Crippen molar-refractivity contribution < 1.29 is 9.21 Å². The first-order chi connectivity index (χ1) is 12.7. The van der Waals surface area contributed by atoms with Crippen LogP contribution in [0.1, 0.15) is 23.2 Å². The number of thiophene rings is 1. The van der Waals surface area contributed by atoms with Gasteiger partial charge in [0.05, 0.1) is 5.56 Å². The van der Waals surface area contributed by atoms with Crippen LogP contribution in [-0.4, -0.2) is 41.5 Å². The predicted octanol–water partition coefficient (Wildman–Crippen LogP) is 4.14. The quantitative estimate of drug-likeness (QED) is 0.676. The minimum Gasteiger partial charge on any atom is -0.435 e. The van der Waals surface area contributed by atoms with Crippen LogP contribution in [0.2, 0.25) is 0 Å². The van der Waals surface area contributed by atoms with E-state index in [4.69, 9.17) is 4.42 Å². The maximum absolute atomic E-state index is 12.9. The van der Waals surface area contributed by atoms with Gasteiger partial charge in [0.2, 0.25) is 5.89 Å². The van der Waals surface area contributed by atoms with Gasteiger partial charge in [-0.3, -0.25) is 4.79 Å². The van der Waals surface area contributed by atoms with E-state index in [0.29, 0.717) is 28.5 Å². The zero-order valence-corrected chi connectivity index (χ0v) is 16.5. The van der Waals surface area contributed by atoms with Gasteiger partial charge in [0, 0.05) is 17.1 Å². The summed E-state index contributed by atoms with van der Waals surface area (Å²) in [6.07, 6.45) is 2.35. The highest BCUT2D eigenvalue weighted by Gasteiger charge is 2.35. The van der Waals surface area contributed by atoms with Crippen molar-refractivity contribution in [2.45, 2.75) is 18.9 Å². The van der Waals surface area contributed by atoms with Crippen LogP contribution < -0.4 is 5.32 Å². The summed E-state index contributed by atoms with van der Waals surface area (Å²) in [6, 6.07) is 7.74. The number of amides is 1. The van der Waals surface area contributed by atoms with Crippen molar-refractivity contribution in [3.05, 3.63) is 39.7 Å². The number of hydrogen-bond acceptors (Lipinski definition) is 5. The lowest BCUT2D eigenvalue weighted by molar-refractivity contribution is 0.0621. The number of benzene rings is 1. The van der Waals surface area contributed by atoms with Crippen LogP contribution >= 0.6 is 27.3 Å². The molecule has 0 spiro atoms. The number of halogens is 1. The molecule has 0 saturated carbocycles. The summed E-state index contributed by atoms with van der Waals surface area (Å²) in [4.78, 5) is 20.9. The van der Waals surface area contributed by atoms with Gasteiger partial charge in [-0.25, -0.2) is 4.98 Å². The molecule has 1 aromatic carbocycles. The number of para-hydroxylation sites is 1. The second kappa shape index (κ2) is 6.48. The Morgan fingerprint density at radius 3 is 2.85 bits per heavy atom. The van der Waals surface area contributed by atoms with Gasteiger partial charge < -0.3 is 14.6 Å². The number of nitrogens with zero attached hydrogens (tertiary/aromatic N) is 2. The first-order valence-electron chi connectivity index (χ1n) is 8.85. The van der Waals surface area contributed by atoms with Crippen LogP contribution in [-0.2, 0) is 0 Å². The van der Waals surface area contributed by atoms with Gasteiger partial charge in [-0.15, -0.1) is 11.3 Å². The molecule has 6 rings (SSSR count). The largest absolute Gasteiger partial charge is 0.435 e. The van der Waals surface area contributed by atoms with E-state index < -0.39 is 0 Å². The second-order valence-electron chi connectivity index (χ2n) is 6.99. The van der Waals surface area contributed by atoms with Crippen molar-refractivity contribution >= 4 is 44.3 Å². The summed E-state index contributed by atoms with van der Waals surface area (Å²) < 4.78 is 6.86. The molecule has 1 N–H and O–H groups in total. The molecule has 26 heavy (non-hydrogen) atoms. The zero-order valence-electron chi connectivity index (χ0n) is 14.1. The summed E-state index contributed by atoms with van der Waals surface area (Å²) >= 11 is 5.08. The summed E-state index contributed by atoms with van der Waals surface area (Å²) in [5.74, 6) is 1.09. The fourth-order valence-corrected chi connectivity index (χ4v) is 5.52. The number of aromatic nitrogens is 1. The average Bonchev–Trinajstić information content (AvgIpc) is 3.27. The van der Waals surface area contributed by atoms with Crippen molar-refractivity contribution in [2.24, 2.45) is 5.92 Å². The molecule has 1 amide bonds. The van der Waals surface area contributed by atoms with Crippen LogP contribution in [0.3, 0.4) is 0 Å². The molecule has 1 atom stereocenters. The summed E-state index contributed by atoms with van der Waals surface area (Å²) in [5.41, 5.74) is 1.85. The SMILES string of the molecule is O=C(NC1CN2CCC1CC2)c1cccc2oc(-c3sccc3Br)nc12. The highest BCUT2D eigenvalue weighted by atomic mass is 79.9. The van der Waals surface area contributed by atoms with Gasteiger partial charge in [-0.1, -0.05) is 6.07 Å². The Kier molecular flexibility index (Phi) is 4.10. The Hall–Kier alpha value is -1.70. The van der Waals surface area contributed by atoms with Gasteiger partial charge in [0.15, 0.2) is 5.58 Å². The molecule has 1 unspecified atom stereocenters. The lowest BCUT2D eigenvalue weighted by Crippen LogP contribution is -2.57. The minimum absolute atomic E-state index is 0.0561. The van der Waals surface area contributed by atoms with E-state index in [1.54, 1.807) is 11.3 Å². The Morgan fingerprint density at radius 2 is 2.15 bits per heavy atom. The van der Waals surface area contributed by atoms with Crippen molar-refractivity contribution in [1.29, 1.82) is 0 Å². The zero-order chi connectivity index (χ0) is 17.7. The molecule has 2 bridgehead atoms. The van der Waals surface area contributed by atoms with Gasteiger partial charge in [-0.05, 0) is 71.4 Å². The summed E-state index contributed by atoms with van der Waals surface area (Å²) in [5, 5.41) is 5.23. The topological polar surface area (TPSA) is 58.4 Å². The van der Waals surface area contributed by atoms with E-state index >= 15 is 0 Å². The van der Waals surface area contributed by atoms with E-state index in [2.05, 4.69) is 31.1 Å². The normalized spacial score (nSPS) is 24.9. The number of carbonyl (C=O) groups excluding carboxylic acids is 1. The first kappa shape index (κ1) is 16.5. The lowest BCUT2D eigenvalue weighted by Gasteiger charge is -2.44. The molecule has 3 aromatic rings. The smallest absolute Gasteiger partial charge is 0.253 e. The number of nitrogens with one attached hydrogen (secondary N) is 1. The van der Waals surface area contributed by atoms with Crippen molar-refractivity contribution in [1.82, 2.24) is 15.2 Å². The summed E-state index contributed by atoms with van der Waals surface area (Å²) in [6.45, 7) is 3.28. The lowest BCUT2D eigenvalue weighted by atomic mass is 9.84. The number of oxazole rings is 1. The standard InChI is InChI=1S/C19H18BrN3O2S/c20-13-6-9-26-17(13)19-22-16-12(2-1-3-15(16)25-19)18(24)21-14-10-23-7-4-11(14)5-8-23/h1-3,6,9,11,14H,4-5,7-8,10H2,(H,21,24). The maximum atomic E-state index is 12.9. The number of rotatable bonds is 3. The molecule has 0 aliphatic carbocycles. The maximum Gasteiger partial charge on any atom is 0.253 e. The molecule has 3 aliphatic rings. The van der Waals surface area contributed by atoms with Crippen molar-refractivity contribution in [2.75, 3.05) is 19.6 Å². The Balaban J connectivity index is 1.46. The van der Waals surface area contributed by atoms with E-state index in [0.717, 1.165) is 29.0 Å². The van der Waals surface area contributed by atoms with E-state index in [1.165, 1.54) is 12.8 Å². The van der Waals surface area contributed by atoms with Gasteiger partial charge in [0.1, 0.15) is 10.4 Å². The Bertz CT molecular complexity index is 974. The first-order valence-corrected chi connectivity index (χ1v) is 10.5. The van der Waals surface area contributed by atoms with Crippen LogP contribution in [0.25, 0.3) is 21.9 Å². The Morgan fingerprint density at radius 1 is 1.31 bits per heavy atom. The van der Waals surface area contributed by atoms with Crippen LogP contribution in [0, 0.1) is 5.92 Å². The fraction of sp³-hybridized carbons (Fsp3) is 0.368. The molecular weight excluding hydrogens is 414 g/mol. The van der Waals surface area contributed by atoms with Gasteiger partial charge >= 0.3 is 0 Å². The van der Waals surface area contributed by atoms with Gasteiger partial charge in [0.25, 0.3) is 5.91 Å². The third-order valence-electron chi connectivity index (χ3n) is 5.45. The number of piperidine rings is 3. The highest BCUT2D eigenvalue weighted by molar-refractivity contribution is 9.10. The summed E-state index contributed by atoms with van der Waals surface area (Å²) in [7, 11) is 0. The third-order valence-corrected chi connectivity index (χ3v) is 7.27. The van der Waals surface area contributed by atoms with Crippen LogP contribution in [0.4, 0.5) is 0 Å². The molecule has 7 heteroatoms. The molecule has 5 nitrogen and oxygen atoms in total. The van der Waals surface area contributed by atoms with E-state index in [9.17, 15) is 4.79 Å². The average molecular weight is 432 g/mol. The second-order valence-corrected chi connectivity index (χ2v) is 8.76. The number of hydrogen-bond donors (Lipinski definition) is 1. The van der Waals surface area contributed by atoms with Crippen molar-refractivity contribution in [3.8, 4) is 10.8 Å². The van der Waals surface area contributed by atoms with Crippen LogP contribution in [0.15, 0.2) is 38.5 Å². The molecule has 0 radical (unpaired) electrons. The highest BCUT2D eigenvalue weighted by Crippen LogP contribution is 2.35. The van der Waals surface area contributed by atoms with Crippen molar-refractivity contribution in [3.63, 3.8) is 0 Å². The molecule has 5 heterocycles. The molecular formula is C19H18BrN3O2S. The number of fused-ring (bicyclic) bond motifs is 4. The minimum atomic E-state index is -0.0561. The number of carbonyl (C=O) groups is 1. The van der Waals surface area contributed by atoms with Crippen LogP contribution in [0.5, 0.6) is 0 Å².